The van der Waals surface area contributed by atoms with Crippen molar-refractivity contribution >= 4 is 35.3 Å². The summed E-state index contributed by atoms with van der Waals surface area (Å²) >= 11 is 12.2. The summed E-state index contributed by atoms with van der Waals surface area (Å²) < 4.78 is 10.5. The molecule has 0 spiro atoms. The number of ether oxygens (including phenoxy) is 2. The third-order valence-corrected chi connectivity index (χ3v) is 3.76. The molecule has 24 heavy (non-hydrogen) atoms. The lowest BCUT2D eigenvalue weighted by Crippen LogP contribution is -2.42. The Kier molecular flexibility index (Phi) is 7.35. The lowest BCUT2D eigenvalue weighted by atomic mass is 10.2. The molecule has 8 heteroatoms. The Balaban J connectivity index is 1.89. The summed E-state index contributed by atoms with van der Waals surface area (Å²) in [5.74, 6) is 2.47. The minimum absolute atomic E-state index is 0.0739. The number of rotatable bonds is 6. The fourth-order valence-electron chi connectivity index (χ4n) is 2.08. The first-order chi connectivity index (χ1) is 11.6. The number of nitrogens with zero attached hydrogens (tertiary/aromatic N) is 2. The van der Waals surface area contributed by atoms with E-state index in [9.17, 15) is 4.79 Å². The molecule has 1 aliphatic rings. The molecule has 0 aromatic heterocycles. The monoisotopic (exact) mass is 369 g/mol. The van der Waals surface area contributed by atoms with Crippen LogP contribution in [0.4, 0.5) is 0 Å². The number of hydrogen-bond acceptors (Lipinski definition) is 5. The van der Waals surface area contributed by atoms with E-state index in [0.29, 0.717) is 34.6 Å². The van der Waals surface area contributed by atoms with Gasteiger partial charge in [-0.2, -0.15) is 5.10 Å². The van der Waals surface area contributed by atoms with Crippen LogP contribution in [0.3, 0.4) is 0 Å². The molecule has 1 aliphatic heterocycles. The van der Waals surface area contributed by atoms with Crippen molar-refractivity contribution in [3.05, 3.63) is 27.7 Å². The molecule has 0 radical (unpaired) electrons. The largest absolute Gasteiger partial charge is 0.478 e. The van der Waals surface area contributed by atoms with E-state index in [1.54, 1.807) is 12.1 Å². The molecule has 0 atom stereocenters. The van der Waals surface area contributed by atoms with E-state index in [0.717, 1.165) is 13.1 Å². The molecule has 0 bridgehead atoms. The highest BCUT2D eigenvalue weighted by atomic mass is 35.5. The Morgan fingerprint density at radius 3 is 2.71 bits per heavy atom. The Morgan fingerprint density at radius 1 is 1.42 bits per heavy atom. The molecular weight excluding hydrogens is 353 g/mol. The van der Waals surface area contributed by atoms with Crippen molar-refractivity contribution in [1.29, 1.82) is 0 Å². The van der Waals surface area contributed by atoms with Crippen LogP contribution in [-0.4, -0.2) is 56.5 Å². The quantitative estimate of drug-likeness (QED) is 0.471. The fourth-order valence-corrected chi connectivity index (χ4v) is 2.70. The number of benzene rings is 1. The average Bonchev–Trinajstić information content (AvgIpc) is 2.55. The van der Waals surface area contributed by atoms with Gasteiger partial charge in [-0.05, 0) is 17.7 Å². The highest BCUT2D eigenvalue weighted by molar-refractivity contribution is 6.37. The number of nitrogens with one attached hydrogen (secondary N) is 1. The molecule has 0 aliphatic carbocycles. The summed E-state index contributed by atoms with van der Waals surface area (Å²) in [6.07, 6.45) is 6.59. The highest BCUT2D eigenvalue weighted by Crippen LogP contribution is 2.33. The second-order valence-electron chi connectivity index (χ2n) is 4.99. The normalized spacial score (nSPS) is 15.2. The van der Waals surface area contributed by atoms with Gasteiger partial charge in [0.2, 0.25) is 0 Å². The van der Waals surface area contributed by atoms with Gasteiger partial charge in [0.15, 0.2) is 5.75 Å². The van der Waals surface area contributed by atoms with Crippen LogP contribution >= 0.6 is 23.2 Å². The molecule has 6 nitrogen and oxygen atoms in total. The first-order valence-corrected chi connectivity index (χ1v) is 8.03. The van der Waals surface area contributed by atoms with Crippen LogP contribution in [0.2, 0.25) is 10.0 Å². The number of morpholine rings is 1. The van der Waals surface area contributed by atoms with Crippen molar-refractivity contribution < 1.29 is 14.3 Å². The van der Waals surface area contributed by atoms with E-state index in [2.05, 4.69) is 16.4 Å². The van der Waals surface area contributed by atoms with Crippen LogP contribution in [0.15, 0.2) is 17.2 Å². The third kappa shape index (κ3) is 5.69. The van der Waals surface area contributed by atoms with Crippen LogP contribution < -0.4 is 10.2 Å². The summed E-state index contributed by atoms with van der Waals surface area (Å²) in [5, 5.41) is 4.54. The maximum Gasteiger partial charge on any atom is 0.254 e. The molecule has 1 fully saturated rings. The molecule has 2 rings (SSSR count). The van der Waals surface area contributed by atoms with Gasteiger partial charge in [-0.25, -0.2) is 5.43 Å². The zero-order valence-electron chi connectivity index (χ0n) is 12.9. The van der Waals surface area contributed by atoms with Crippen LogP contribution in [0.25, 0.3) is 0 Å². The van der Waals surface area contributed by atoms with Crippen molar-refractivity contribution in [3.8, 4) is 18.1 Å². The first kappa shape index (κ1) is 18.6. The van der Waals surface area contributed by atoms with Crippen molar-refractivity contribution in [2.75, 3.05) is 39.5 Å². The number of terminal acetylenes is 1. The van der Waals surface area contributed by atoms with Crippen LogP contribution in [0.1, 0.15) is 5.56 Å². The van der Waals surface area contributed by atoms with E-state index in [1.807, 2.05) is 4.90 Å². The molecule has 1 N–H and O–H groups in total. The summed E-state index contributed by atoms with van der Waals surface area (Å²) in [4.78, 5) is 13.8. The van der Waals surface area contributed by atoms with Gasteiger partial charge in [0.1, 0.15) is 6.61 Å². The van der Waals surface area contributed by atoms with E-state index >= 15 is 0 Å². The van der Waals surface area contributed by atoms with E-state index in [-0.39, 0.29) is 19.1 Å². The Hall–Kier alpha value is -1.78. The summed E-state index contributed by atoms with van der Waals surface area (Å²) in [6.45, 7) is 3.11. The number of amides is 1. The van der Waals surface area contributed by atoms with Crippen molar-refractivity contribution in [3.63, 3.8) is 0 Å². The van der Waals surface area contributed by atoms with Gasteiger partial charge in [0, 0.05) is 13.1 Å². The molecule has 1 saturated heterocycles. The highest BCUT2D eigenvalue weighted by Gasteiger charge is 2.13. The van der Waals surface area contributed by atoms with Gasteiger partial charge in [-0.1, -0.05) is 29.1 Å². The smallest absolute Gasteiger partial charge is 0.254 e. The molecule has 1 amide bonds. The minimum atomic E-state index is -0.195. The van der Waals surface area contributed by atoms with Gasteiger partial charge in [0.05, 0.1) is 36.0 Å². The van der Waals surface area contributed by atoms with Gasteiger partial charge in [-0.3, -0.25) is 9.69 Å². The Morgan fingerprint density at radius 2 is 2.08 bits per heavy atom. The molecular formula is C16H17Cl2N3O3. The summed E-state index contributed by atoms with van der Waals surface area (Å²) in [5.41, 5.74) is 3.10. The predicted molar refractivity (Wildman–Crippen MR) is 93.8 cm³/mol. The molecule has 1 aromatic carbocycles. The maximum atomic E-state index is 11.8. The summed E-state index contributed by atoms with van der Waals surface area (Å²) in [6, 6.07) is 3.24. The third-order valence-electron chi connectivity index (χ3n) is 3.19. The Labute approximate surface area is 150 Å². The van der Waals surface area contributed by atoms with Gasteiger partial charge in [-0.15, -0.1) is 6.42 Å². The van der Waals surface area contributed by atoms with Crippen LogP contribution in [0.5, 0.6) is 5.75 Å². The molecule has 0 saturated carbocycles. The second kappa shape index (κ2) is 9.50. The fraction of sp³-hybridized carbons (Fsp3) is 0.375. The molecule has 128 valence electrons. The second-order valence-corrected chi connectivity index (χ2v) is 5.80. The molecule has 1 heterocycles. The molecule has 0 unspecified atom stereocenters. The van der Waals surface area contributed by atoms with Crippen LogP contribution in [-0.2, 0) is 9.53 Å². The van der Waals surface area contributed by atoms with E-state index in [1.165, 1.54) is 6.21 Å². The zero-order valence-corrected chi connectivity index (χ0v) is 14.4. The average molecular weight is 370 g/mol. The van der Waals surface area contributed by atoms with E-state index < -0.39 is 0 Å². The van der Waals surface area contributed by atoms with Gasteiger partial charge >= 0.3 is 0 Å². The number of halogens is 2. The topological polar surface area (TPSA) is 63.2 Å². The lowest BCUT2D eigenvalue weighted by molar-refractivity contribution is -0.123. The lowest BCUT2D eigenvalue weighted by Gasteiger charge is -2.25. The predicted octanol–water partition coefficient (Wildman–Crippen LogP) is 1.79. The number of hydrazone groups is 1. The minimum Gasteiger partial charge on any atom is -0.478 e. The molecule has 1 aromatic rings. The Bertz CT molecular complexity index is 629. The van der Waals surface area contributed by atoms with E-state index in [4.69, 9.17) is 39.1 Å². The standard InChI is InChI=1S/C16H17Cl2N3O3/c1-2-5-24-16-13(17)8-12(9-14(16)18)10-19-20-15(22)11-21-3-6-23-7-4-21/h1,8-10H,3-7,11H2,(H,20,22)/b19-10+. The van der Waals surface area contributed by atoms with Crippen LogP contribution in [0, 0.1) is 12.3 Å². The zero-order chi connectivity index (χ0) is 17.4. The van der Waals surface area contributed by atoms with Gasteiger partial charge < -0.3 is 9.47 Å². The number of carbonyl (C=O) groups excluding carboxylic acids is 1. The van der Waals surface area contributed by atoms with Crippen molar-refractivity contribution in [2.24, 2.45) is 5.10 Å². The first-order valence-electron chi connectivity index (χ1n) is 7.27. The number of hydrogen-bond donors (Lipinski definition) is 1. The van der Waals surface area contributed by atoms with Crippen molar-refractivity contribution in [2.45, 2.75) is 0 Å². The van der Waals surface area contributed by atoms with Gasteiger partial charge in [0.25, 0.3) is 5.91 Å². The summed E-state index contributed by atoms with van der Waals surface area (Å²) in [7, 11) is 0. The number of carbonyl (C=O) groups is 1. The SMILES string of the molecule is C#CCOc1c(Cl)cc(/C=N/NC(=O)CN2CCOCC2)cc1Cl. The van der Waals surface area contributed by atoms with Crippen molar-refractivity contribution in [1.82, 2.24) is 10.3 Å². The maximum absolute atomic E-state index is 11.8.